The van der Waals surface area contributed by atoms with Gasteiger partial charge in [0.05, 0.1) is 11.9 Å². The molecule has 1 aromatic carbocycles. The second-order valence-corrected chi connectivity index (χ2v) is 3.21. The molecule has 0 bridgehead atoms. The van der Waals surface area contributed by atoms with Crippen molar-refractivity contribution in [2.75, 3.05) is 0 Å². The number of para-hydroxylation sites is 1. The van der Waals surface area contributed by atoms with Crippen molar-refractivity contribution in [2.45, 2.75) is 0 Å². The summed E-state index contributed by atoms with van der Waals surface area (Å²) >= 11 is 0. The van der Waals surface area contributed by atoms with Crippen molar-refractivity contribution in [2.24, 2.45) is 0 Å². The number of rotatable bonds is 2. The van der Waals surface area contributed by atoms with E-state index in [0.29, 0.717) is 0 Å². The molecule has 0 fully saturated rings. The van der Waals surface area contributed by atoms with Crippen LogP contribution in [0.15, 0.2) is 43.1 Å². The van der Waals surface area contributed by atoms with E-state index in [9.17, 15) is 0 Å². The molecule has 0 atom stereocenters. The third-order valence-electron chi connectivity index (χ3n) is 2.26. The Morgan fingerprint density at radius 1 is 1.19 bits per heavy atom. The van der Waals surface area contributed by atoms with Crippen molar-refractivity contribution >= 4 is 0 Å². The molecule has 0 unspecified atom stereocenters. The average Bonchev–Trinajstić information content (AvgIpc) is 3.03. The molecule has 2 aromatic heterocycles. The summed E-state index contributed by atoms with van der Waals surface area (Å²) in [5.41, 5.74) is 2.67. The van der Waals surface area contributed by atoms with Gasteiger partial charge in [-0.25, -0.2) is 9.67 Å². The molecule has 0 aliphatic carbocycles. The van der Waals surface area contributed by atoms with Gasteiger partial charge in [0.15, 0.2) is 0 Å². The maximum Gasteiger partial charge on any atom is 0.138 e. The highest BCUT2D eigenvalue weighted by Crippen LogP contribution is 2.22. The molecule has 0 aliphatic rings. The van der Waals surface area contributed by atoms with Crippen LogP contribution in [0.25, 0.3) is 16.9 Å². The molecule has 3 rings (SSSR count). The first-order chi connectivity index (χ1) is 7.95. The van der Waals surface area contributed by atoms with Crippen LogP contribution in [-0.4, -0.2) is 30.2 Å². The van der Waals surface area contributed by atoms with E-state index in [1.807, 2.05) is 24.3 Å². The van der Waals surface area contributed by atoms with E-state index in [2.05, 4.69) is 25.5 Å². The lowest BCUT2D eigenvalue weighted by Crippen LogP contribution is -1.97. The van der Waals surface area contributed by atoms with Gasteiger partial charge in [-0.2, -0.15) is 20.5 Å². The number of hydrogen-bond acceptors (Lipinski definition) is 4. The molecule has 6 nitrogen and oxygen atoms in total. The minimum Gasteiger partial charge on any atom is -0.223 e. The SMILES string of the molecule is c1ccc(-n2cncn2)c(-c2cn[nH]n2)c1. The summed E-state index contributed by atoms with van der Waals surface area (Å²) in [5.74, 6) is 0. The van der Waals surface area contributed by atoms with Crippen LogP contribution in [-0.2, 0) is 0 Å². The second-order valence-electron chi connectivity index (χ2n) is 3.21. The van der Waals surface area contributed by atoms with Crippen molar-refractivity contribution in [1.29, 1.82) is 0 Å². The molecule has 1 N–H and O–H groups in total. The summed E-state index contributed by atoms with van der Waals surface area (Å²) in [6.07, 6.45) is 4.83. The summed E-state index contributed by atoms with van der Waals surface area (Å²) in [5, 5.41) is 14.6. The molecule has 0 saturated heterocycles. The number of H-pyrrole nitrogens is 1. The minimum absolute atomic E-state index is 0.783. The van der Waals surface area contributed by atoms with Gasteiger partial charge in [-0.3, -0.25) is 0 Å². The van der Waals surface area contributed by atoms with Crippen LogP contribution in [0.2, 0.25) is 0 Å². The Bertz CT molecular complexity index is 516. The molecule has 0 amide bonds. The molecule has 3 aromatic rings. The highest BCUT2D eigenvalue weighted by atomic mass is 15.3. The van der Waals surface area contributed by atoms with Crippen molar-refractivity contribution in [3.8, 4) is 16.9 Å². The number of nitrogens with one attached hydrogen (secondary N) is 1. The summed E-state index contributed by atoms with van der Waals surface area (Å²) in [6.45, 7) is 0. The third-order valence-corrected chi connectivity index (χ3v) is 2.26. The molecule has 6 heteroatoms. The van der Waals surface area contributed by atoms with Gasteiger partial charge in [-0.15, -0.1) is 0 Å². The van der Waals surface area contributed by atoms with Gasteiger partial charge >= 0.3 is 0 Å². The van der Waals surface area contributed by atoms with Crippen molar-refractivity contribution in [1.82, 2.24) is 30.2 Å². The van der Waals surface area contributed by atoms with E-state index in [0.717, 1.165) is 16.9 Å². The Morgan fingerprint density at radius 2 is 2.12 bits per heavy atom. The smallest absolute Gasteiger partial charge is 0.138 e. The lowest BCUT2D eigenvalue weighted by Gasteiger charge is -2.05. The topological polar surface area (TPSA) is 72.3 Å². The van der Waals surface area contributed by atoms with Gasteiger partial charge < -0.3 is 0 Å². The summed E-state index contributed by atoms with van der Waals surface area (Å²) in [7, 11) is 0. The zero-order valence-electron chi connectivity index (χ0n) is 8.28. The molecule has 16 heavy (non-hydrogen) atoms. The minimum atomic E-state index is 0.783. The normalized spacial score (nSPS) is 10.5. The largest absolute Gasteiger partial charge is 0.223 e. The van der Waals surface area contributed by atoms with Crippen LogP contribution < -0.4 is 0 Å². The van der Waals surface area contributed by atoms with E-state index in [-0.39, 0.29) is 0 Å². The maximum atomic E-state index is 4.10. The first kappa shape index (κ1) is 8.78. The molecule has 0 aliphatic heterocycles. The number of aromatic nitrogens is 6. The summed E-state index contributed by atoms with van der Waals surface area (Å²) in [6, 6.07) is 7.82. The monoisotopic (exact) mass is 212 g/mol. The first-order valence-electron chi connectivity index (χ1n) is 4.75. The predicted molar refractivity (Wildman–Crippen MR) is 56.7 cm³/mol. The van der Waals surface area contributed by atoms with Crippen LogP contribution >= 0.6 is 0 Å². The molecule has 0 spiro atoms. The van der Waals surface area contributed by atoms with Gasteiger partial charge in [0, 0.05) is 5.56 Å². The fourth-order valence-electron chi connectivity index (χ4n) is 1.55. The van der Waals surface area contributed by atoms with Gasteiger partial charge in [-0.1, -0.05) is 18.2 Å². The summed E-state index contributed by atoms with van der Waals surface area (Å²) in [4.78, 5) is 3.93. The third kappa shape index (κ3) is 1.36. The van der Waals surface area contributed by atoms with Crippen molar-refractivity contribution in [3.05, 3.63) is 43.1 Å². The number of benzene rings is 1. The Balaban J connectivity index is 2.19. The number of nitrogens with zero attached hydrogens (tertiary/aromatic N) is 5. The van der Waals surface area contributed by atoms with E-state index in [1.165, 1.54) is 6.33 Å². The highest BCUT2D eigenvalue weighted by Gasteiger charge is 2.08. The lowest BCUT2D eigenvalue weighted by molar-refractivity contribution is 0.879. The van der Waals surface area contributed by atoms with Gasteiger partial charge in [-0.05, 0) is 6.07 Å². The molecule has 2 heterocycles. The Morgan fingerprint density at radius 3 is 2.88 bits per heavy atom. The Hall–Kier alpha value is -2.50. The van der Waals surface area contributed by atoms with E-state index < -0.39 is 0 Å². The lowest BCUT2D eigenvalue weighted by atomic mass is 10.1. The predicted octanol–water partition coefficient (Wildman–Crippen LogP) is 1.05. The highest BCUT2D eigenvalue weighted by molar-refractivity contribution is 5.68. The first-order valence-corrected chi connectivity index (χ1v) is 4.75. The molecular formula is C10H8N6. The fraction of sp³-hybridized carbons (Fsp3) is 0. The second kappa shape index (κ2) is 3.58. The average molecular weight is 212 g/mol. The standard InChI is InChI=1S/C10H8N6/c1-2-4-10(16-7-11-6-13-16)8(3-1)9-5-12-15-14-9/h1-7H,(H,12,14,15). The van der Waals surface area contributed by atoms with Gasteiger partial charge in [0.25, 0.3) is 0 Å². The van der Waals surface area contributed by atoms with Crippen molar-refractivity contribution < 1.29 is 0 Å². The van der Waals surface area contributed by atoms with Gasteiger partial charge in [0.1, 0.15) is 18.3 Å². The van der Waals surface area contributed by atoms with Gasteiger partial charge in [0.2, 0.25) is 0 Å². The van der Waals surface area contributed by atoms with Crippen LogP contribution in [0.4, 0.5) is 0 Å². The maximum absolute atomic E-state index is 4.10. The molecule has 0 saturated carbocycles. The molecule has 0 radical (unpaired) electrons. The van der Waals surface area contributed by atoms with Crippen LogP contribution in [0, 0.1) is 0 Å². The zero-order chi connectivity index (χ0) is 10.8. The van der Waals surface area contributed by atoms with E-state index in [4.69, 9.17) is 0 Å². The van der Waals surface area contributed by atoms with Crippen LogP contribution in [0.5, 0.6) is 0 Å². The van der Waals surface area contributed by atoms with Crippen LogP contribution in [0.3, 0.4) is 0 Å². The molecule has 78 valence electrons. The fourth-order valence-corrected chi connectivity index (χ4v) is 1.55. The quantitative estimate of drug-likeness (QED) is 0.689. The number of aromatic amines is 1. The van der Waals surface area contributed by atoms with Crippen molar-refractivity contribution in [3.63, 3.8) is 0 Å². The zero-order valence-corrected chi connectivity index (χ0v) is 8.28. The van der Waals surface area contributed by atoms with Crippen LogP contribution in [0.1, 0.15) is 0 Å². The Kier molecular flexibility index (Phi) is 1.96. The number of hydrogen-bond donors (Lipinski definition) is 1. The van der Waals surface area contributed by atoms with E-state index >= 15 is 0 Å². The summed E-state index contributed by atoms with van der Waals surface area (Å²) < 4.78 is 1.70. The Labute approximate surface area is 91.0 Å². The molecular weight excluding hydrogens is 204 g/mol. The van der Waals surface area contributed by atoms with E-state index in [1.54, 1.807) is 17.2 Å².